The number of anilines is 1. The summed E-state index contributed by atoms with van der Waals surface area (Å²) in [4.78, 5) is 31.0. The Morgan fingerprint density at radius 3 is 2.40 bits per heavy atom. The van der Waals surface area contributed by atoms with Gasteiger partial charge < -0.3 is 15.1 Å². The normalized spacial score (nSPS) is 11.7. The molecule has 3 aromatic rings. The molecule has 186 valence electrons. The van der Waals surface area contributed by atoms with Gasteiger partial charge in [0.2, 0.25) is 5.91 Å². The molecular weight excluding hydrogens is 508 g/mol. The van der Waals surface area contributed by atoms with Crippen molar-refractivity contribution in [2.24, 2.45) is 0 Å². The van der Waals surface area contributed by atoms with E-state index in [0.29, 0.717) is 35.2 Å². The SMILES string of the molecule is CCC(C)N(CC(=O)N(Cc1ccc(F)cc1)Cc1sccc1C)C(=O)Nc1ccc(Cl)cc1Cl. The highest BCUT2D eigenvalue weighted by atomic mass is 35.5. The van der Waals surface area contributed by atoms with E-state index >= 15 is 0 Å². The lowest BCUT2D eigenvalue weighted by atomic mass is 10.2. The first-order chi connectivity index (χ1) is 16.7. The molecule has 3 amide bonds. The summed E-state index contributed by atoms with van der Waals surface area (Å²) in [5, 5.41) is 5.55. The second kappa shape index (κ2) is 12.4. The Hall–Kier alpha value is -2.61. The van der Waals surface area contributed by atoms with Gasteiger partial charge in [0.25, 0.3) is 0 Å². The van der Waals surface area contributed by atoms with Crippen molar-refractivity contribution in [2.45, 2.75) is 46.3 Å². The maximum Gasteiger partial charge on any atom is 0.322 e. The van der Waals surface area contributed by atoms with Crippen LogP contribution in [0, 0.1) is 12.7 Å². The zero-order valence-corrected chi connectivity index (χ0v) is 22.2. The summed E-state index contributed by atoms with van der Waals surface area (Å²) < 4.78 is 13.4. The summed E-state index contributed by atoms with van der Waals surface area (Å²) in [5.74, 6) is -0.541. The minimum absolute atomic E-state index is 0.113. The molecule has 1 unspecified atom stereocenters. The van der Waals surface area contributed by atoms with E-state index in [-0.39, 0.29) is 24.3 Å². The third-order valence-corrected chi connectivity index (χ3v) is 7.36. The van der Waals surface area contributed by atoms with E-state index in [1.54, 1.807) is 46.6 Å². The average Bonchev–Trinajstić information content (AvgIpc) is 3.23. The predicted molar refractivity (Wildman–Crippen MR) is 142 cm³/mol. The van der Waals surface area contributed by atoms with Gasteiger partial charge in [-0.05, 0) is 73.2 Å². The van der Waals surface area contributed by atoms with Gasteiger partial charge >= 0.3 is 6.03 Å². The maximum absolute atomic E-state index is 13.5. The van der Waals surface area contributed by atoms with Gasteiger partial charge in [-0.3, -0.25) is 4.79 Å². The van der Waals surface area contributed by atoms with Crippen molar-refractivity contribution < 1.29 is 14.0 Å². The Morgan fingerprint density at radius 1 is 1.09 bits per heavy atom. The molecule has 2 aromatic carbocycles. The fraction of sp³-hybridized carbons (Fsp3) is 0.308. The van der Waals surface area contributed by atoms with Crippen LogP contribution in [0.15, 0.2) is 53.9 Å². The Balaban J connectivity index is 1.81. The molecule has 0 saturated heterocycles. The Labute approximate surface area is 219 Å². The topological polar surface area (TPSA) is 52.7 Å². The minimum Gasteiger partial charge on any atom is -0.332 e. The third-order valence-electron chi connectivity index (χ3n) is 5.80. The number of halogens is 3. The molecule has 0 radical (unpaired) electrons. The third kappa shape index (κ3) is 7.43. The summed E-state index contributed by atoms with van der Waals surface area (Å²) in [5.41, 5.74) is 2.32. The molecule has 0 fully saturated rings. The minimum atomic E-state index is -0.425. The Bertz CT molecular complexity index is 1170. The second-order valence-corrected chi connectivity index (χ2v) is 10.2. The number of hydrogen-bond acceptors (Lipinski definition) is 3. The van der Waals surface area contributed by atoms with E-state index in [1.165, 1.54) is 17.0 Å². The van der Waals surface area contributed by atoms with Gasteiger partial charge in [0.05, 0.1) is 17.3 Å². The molecule has 1 N–H and O–H groups in total. The summed E-state index contributed by atoms with van der Waals surface area (Å²) >= 11 is 13.8. The van der Waals surface area contributed by atoms with Crippen LogP contribution in [-0.2, 0) is 17.9 Å². The van der Waals surface area contributed by atoms with Crippen LogP contribution in [0.4, 0.5) is 14.9 Å². The molecule has 5 nitrogen and oxygen atoms in total. The summed E-state index contributed by atoms with van der Waals surface area (Å²) in [6.45, 7) is 6.44. The van der Waals surface area contributed by atoms with Crippen LogP contribution < -0.4 is 5.32 Å². The first kappa shape index (κ1) is 27.0. The van der Waals surface area contributed by atoms with Crippen LogP contribution in [0.1, 0.15) is 36.3 Å². The van der Waals surface area contributed by atoms with E-state index in [0.717, 1.165) is 16.0 Å². The van der Waals surface area contributed by atoms with Crippen LogP contribution >= 0.6 is 34.5 Å². The van der Waals surface area contributed by atoms with Gasteiger partial charge in [-0.1, -0.05) is 42.3 Å². The number of urea groups is 1. The molecule has 3 rings (SSSR count). The molecule has 1 aromatic heterocycles. The molecule has 1 atom stereocenters. The van der Waals surface area contributed by atoms with Crippen molar-refractivity contribution in [3.05, 3.63) is 85.8 Å². The molecule has 1 heterocycles. The van der Waals surface area contributed by atoms with Crippen molar-refractivity contribution in [1.82, 2.24) is 9.80 Å². The zero-order chi connectivity index (χ0) is 25.5. The second-order valence-electron chi connectivity index (χ2n) is 8.34. The monoisotopic (exact) mass is 535 g/mol. The fourth-order valence-corrected chi connectivity index (χ4v) is 4.83. The van der Waals surface area contributed by atoms with Gasteiger partial charge in [-0.15, -0.1) is 11.3 Å². The van der Waals surface area contributed by atoms with Crippen molar-refractivity contribution in [1.29, 1.82) is 0 Å². The van der Waals surface area contributed by atoms with E-state index in [9.17, 15) is 14.0 Å². The molecular formula is C26H28Cl2FN3O2S. The molecule has 9 heteroatoms. The molecule has 0 spiro atoms. The smallest absolute Gasteiger partial charge is 0.322 e. The van der Waals surface area contributed by atoms with Crippen molar-refractivity contribution in [2.75, 3.05) is 11.9 Å². The molecule has 0 saturated carbocycles. The van der Waals surface area contributed by atoms with Crippen molar-refractivity contribution in [3.8, 4) is 0 Å². The van der Waals surface area contributed by atoms with Crippen LogP contribution in [0.25, 0.3) is 0 Å². The first-order valence-corrected chi connectivity index (χ1v) is 12.9. The van der Waals surface area contributed by atoms with Crippen LogP contribution in [0.3, 0.4) is 0 Å². The summed E-state index contributed by atoms with van der Waals surface area (Å²) in [7, 11) is 0. The number of thiophene rings is 1. The van der Waals surface area contributed by atoms with Crippen LogP contribution in [0.5, 0.6) is 0 Å². The van der Waals surface area contributed by atoms with Crippen molar-refractivity contribution >= 4 is 52.2 Å². The largest absolute Gasteiger partial charge is 0.332 e. The zero-order valence-electron chi connectivity index (χ0n) is 19.9. The number of nitrogens with one attached hydrogen (secondary N) is 1. The van der Waals surface area contributed by atoms with E-state index in [4.69, 9.17) is 23.2 Å². The van der Waals surface area contributed by atoms with E-state index in [1.807, 2.05) is 32.2 Å². The van der Waals surface area contributed by atoms with Crippen LogP contribution in [0.2, 0.25) is 10.0 Å². The Morgan fingerprint density at radius 2 is 1.80 bits per heavy atom. The van der Waals surface area contributed by atoms with Gasteiger partial charge in [0.1, 0.15) is 12.4 Å². The standard InChI is InChI=1S/C26H28Cl2FN3O2S/c1-4-18(3)32(26(34)30-23-10-7-20(27)13-22(23)28)16-25(33)31(15-24-17(2)11-12-35-24)14-19-5-8-21(29)9-6-19/h5-13,18H,4,14-16H2,1-3H3,(H,30,34). The number of carbonyl (C=O) groups excluding carboxylic acids is 2. The van der Waals surface area contributed by atoms with Crippen molar-refractivity contribution in [3.63, 3.8) is 0 Å². The number of nitrogens with zero attached hydrogens (tertiary/aromatic N) is 2. The predicted octanol–water partition coefficient (Wildman–Crippen LogP) is 7.36. The fourth-order valence-electron chi connectivity index (χ4n) is 3.45. The van der Waals surface area contributed by atoms with Gasteiger partial charge in [-0.25, -0.2) is 9.18 Å². The van der Waals surface area contributed by atoms with E-state index < -0.39 is 6.03 Å². The molecule has 0 aliphatic heterocycles. The summed E-state index contributed by atoms with van der Waals surface area (Å²) in [6.07, 6.45) is 0.664. The number of rotatable bonds is 9. The highest BCUT2D eigenvalue weighted by molar-refractivity contribution is 7.10. The molecule has 35 heavy (non-hydrogen) atoms. The number of aryl methyl sites for hydroxylation is 1. The number of benzene rings is 2. The van der Waals surface area contributed by atoms with Gasteiger partial charge in [0, 0.05) is 22.5 Å². The van der Waals surface area contributed by atoms with Crippen LogP contribution in [-0.4, -0.2) is 34.3 Å². The number of amides is 3. The lowest BCUT2D eigenvalue weighted by Gasteiger charge is -2.31. The molecule has 0 bridgehead atoms. The summed E-state index contributed by atoms with van der Waals surface area (Å²) in [6, 6.07) is 12.3. The highest BCUT2D eigenvalue weighted by Gasteiger charge is 2.26. The van der Waals surface area contributed by atoms with E-state index in [2.05, 4.69) is 5.32 Å². The molecule has 0 aliphatic rings. The van der Waals surface area contributed by atoms with Gasteiger partial charge in [0.15, 0.2) is 0 Å². The Kier molecular flexibility index (Phi) is 9.55. The number of carbonyl (C=O) groups is 2. The maximum atomic E-state index is 13.5. The first-order valence-electron chi connectivity index (χ1n) is 11.3. The average molecular weight is 537 g/mol. The highest BCUT2D eigenvalue weighted by Crippen LogP contribution is 2.26. The lowest BCUT2D eigenvalue weighted by Crippen LogP contribution is -2.47. The quantitative estimate of drug-likeness (QED) is 0.311. The van der Waals surface area contributed by atoms with Gasteiger partial charge in [-0.2, -0.15) is 0 Å². The lowest BCUT2D eigenvalue weighted by molar-refractivity contribution is -0.133. The number of hydrogen-bond donors (Lipinski definition) is 1. The molecule has 0 aliphatic carbocycles.